The number of benzene rings is 1. The van der Waals surface area contributed by atoms with E-state index < -0.39 is 14.9 Å². The predicted octanol–water partition coefficient (Wildman–Crippen LogP) is 1.89. The third kappa shape index (κ3) is 3.54. The Labute approximate surface area is 135 Å². The summed E-state index contributed by atoms with van der Waals surface area (Å²) < 4.78 is 27.7. The monoisotopic (exact) mass is 339 g/mol. The van der Waals surface area contributed by atoms with Gasteiger partial charge in [-0.05, 0) is 25.3 Å². The summed E-state index contributed by atoms with van der Waals surface area (Å²) in [5, 5.41) is 11.0. The van der Waals surface area contributed by atoms with Gasteiger partial charge in [-0.25, -0.2) is 13.1 Å². The van der Waals surface area contributed by atoms with E-state index in [-0.39, 0.29) is 16.6 Å². The van der Waals surface area contributed by atoms with E-state index in [4.69, 9.17) is 0 Å². The topological polar surface area (TPSA) is 92.5 Å². The molecule has 8 heteroatoms. The smallest absolute Gasteiger partial charge is 0.289 e. The summed E-state index contributed by atoms with van der Waals surface area (Å²) in [5.74, 6) is 0. The molecule has 1 heterocycles. The van der Waals surface area contributed by atoms with Crippen molar-refractivity contribution < 1.29 is 13.3 Å². The molecule has 0 aromatic heterocycles. The summed E-state index contributed by atoms with van der Waals surface area (Å²) in [6, 6.07) is 5.85. The molecule has 0 bridgehead atoms. The number of nitro groups is 1. The lowest BCUT2D eigenvalue weighted by Gasteiger charge is -2.23. The van der Waals surface area contributed by atoms with Crippen LogP contribution in [0.25, 0.3) is 0 Å². The van der Waals surface area contributed by atoms with Gasteiger partial charge in [0.25, 0.3) is 5.69 Å². The first-order valence-corrected chi connectivity index (χ1v) is 9.45. The molecule has 3 rings (SSSR count). The van der Waals surface area contributed by atoms with Gasteiger partial charge in [-0.1, -0.05) is 25.0 Å². The van der Waals surface area contributed by atoms with E-state index in [0.29, 0.717) is 12.6 Å². The predicted molar refractivity (Wildman–Crippen MR) is 85.7 cm³/mol. The molecule has 1 saturated carbocycles. The molecule has 0 unspecified atom stereocenters. The van der Waals surface area contributed by atoms with Crippen LogP contribution >= 0.6 is 0 Å². The Kier molecular flexibility index (Phi) is 4.65. The normalized spacial score (nSPS) is 23.4. The van der Waals surface area contributed by atoms with Crippen LogP contribution in [-0.2, 0) is 10.0 Å². The highest BCUT2D eigenvalue weighted by molar-refractivity contribution is 7.89. The third-order valence-electron chi connectivity index (χ3n) is 4.73. The molecule has 1 aromatic rings. The summed E-state index contributed by atoms with van der Waals surface area (Å²) in [6.07, 6.45) is 5.60. The van der Waals surface area contributed by atoms with E-state index in [0.717, 1.165) is 13.0 Å². The minimum Gasteiger partial charge on any atom is -0.299 e. The molecule has 1 aromatic carbocycles. The van der Waals surface area contributed by atoms with Crippen LogP contribution < -0.4 is 4.72 Å². The Morgan fingerprint density at radius 1 is 1.17 bits per heavy atom. The minimum atomic E-state index is -3.88. The second-order valence-electron chi connectivity index (χ2n) is 6.26. The summed E-state index contributed by atoms with van der Waals surface area (Å²) in [7, 11) is -3.88. The van der Waals surface area contributed by atoms with E-state index >= 15 is 0 Å². The molecule has 1 aliphatic heterocycles. The maximum atomic E-state index is 12.5. The highest BCUT2D eigenvalue weighted by Gasteiger charge is 2.34. The molecule has 0 radical (unpaired) electrons. The molecule has 1 N–H and O–H groups in total. The number of nitro benzene ring substituents is 1. The van der Waals surface area contributed by atoms with Crippen molar-refractivity contribution in [2.45, 2.75) is 49.1 Å². The number of likely N-dealkylation sites (tertiary alicyclic amines) is 1. The second-order valence-corrected chi connectivity index (χ2v) is 7.95. The molecule has 2 aliphatic rings. The highest BCUT2D eigenvalue weighted by Crippen LogP contribution is 2.28. The van der Waals surface area contributed by atoms with Crippen LogP contribution in [0.1, 0.15) is 32.1 Å². The fourth-order valence-electron chi connectivity index (χ4n) is 3.60. The lowest BCUT2D eigenvalue weighted by molar-refractivity contribution is -0.387. The van der Waals surface area contributed by atoms with Gasteiger partial charge in [-0.2, -0.15) is 0 Å². The van der Waals surface area contributed by atoms with Gasteiger partial charge < -0.3 is 0 Å². The van der Waals surface area contributed by atoms with E-state index in [1.807, 2.05) is 0 Å². The number of nitrogens with zero attached hydrogens (tertiary/aromatic N) is 2. The minimum absolute atomic E-state index is 0.180. The van der Waals surface area contributed by atoms with Crippen molar-refractivity contribution in [3.05, 3.63) is 34.4 Å². The molecule has 2 fully saturated rings. The van der Waals surface area contributed by atoms with Gasteiger partial charge in [0.1, 0.15) is 0 Å². The van der Waals surface area contributed by atoms with E-state index in [1.54, 1.807) is 0 Å². The number of para-hydroxylation sites is 1. The largest absolute Gasteiger partial charge is 0.299 e. The number of sulfonamides is 1. The molecule has 126 valence electrons. The van der Waals surface area contributed by atoms with Gasteiger partial charge in [0.05, 0.1) is 4.92 Å². The van der Waals surface area contributed by atoms with Crippen LogP contribution in [-0.4, -0.2) is 43.4 Å². The van der Waals surface area contributed by atoms with Crippen molar-refractivity contribution in [2.24, 2.45) is 0 Å². The third-order valence-corrected chi connectivity index (χ3v) is 6.30. The molecule has 0 amide bonds. The van der Waals surface area contributed by atoms with Gasteiger partial charge >= 0.3 is 0 Å². The Morgan fingerprint density at radius 2 is 1.87 bits per heavy atom. The number of hydrogen-bond donors (Lipinski definition) is 1. The van der Waals surface area contributed by atoms with Crippen molar-refractivity contribution in [2.75, 3.05) is 13.1 Å². The van der Waals surface area contributed by atoms with Crippen LogP contribution in [0.15, 0.2) is 29.2 Å². The van der Waals surface area contributed by atoms with Crippen molar-refractivity contribution >= 4 is 15.7 Å². The summed E-state index contributed by atoms with van der Waals surface area (Å²) >= 11 is 0. The highest BCUT2D eigenvalue weighted by atomic mass is 32.2. The van der Waals surface area contributed by atoms with Gasteiger partial charge in [-0.3, -0.25) is 15.0 Å². The van der Waals surface area contributed by atoms with Gasteiger partial charge in [0, 0.05) is 31.2 Å². The number of rotatable bonds is 5. The average molecular weight is 339 g/mol. The lowest BCUT2D eigenvalue weighted by Crippen LogP contribution is -2.39. The van der Waals surface area contributed by atoms with Crippen molar-refractivity contribution in [1.29, 1.82) is 0 Å². The van der Waals surface area contributed by atoms with Crippen molar-refractivity contribution in [3.8, 4) is 0 Å². The molecule has 23 heavy (non-hydrogen) atoms. The molecule has 7 nitrogen and oxygen atoms in total. The summed E-state index contributed by atoms with van der Waals surface area (Å²) in [5.41, 5.74) is -0.384. The van der Waals surface area contributed by atoms with Crippen LogP contribution in [0, 0.1) is 10.1 Å². The van der Waals surface area contributed by atoms with E-state index in [2.05, 4.69) is 9.62 Å². The van der Waals surface area contributed by atoms with Gasteiger partial charge in [0.15, 0.2) is 4.90 Å². The lowest BCUT2D eigenvalue weighted by atomic mass is 10.2. The maximum absolute atomic E-state index is 12.5. The maximum Gasteiger partial charge on any atom is 0.289 e. The quantitative estimate of drug-likeness (QED) is 0.653. The molecule has 1 aliphatic carbocycles. The molecule has 1 saturated heterocycles. The molecular formula is C15H21N3O4S. The summed E-state index contributed by atoms with van der Waals surface area (Å²) in [6.45, 7) is 1.57. The van der Waals surface area contributed by atoms with Crippen LogP contribution in [0.2, 0.25) is 0 Å². The Balaban J connectivity index is 1.71. The first-order valence-electron chi connectivity index (χ1n) is 7.97. The SMILES string of the molecule is O=[N+]([O-])c1ccccc1S(=O)(=O)N[C@@H]1CCN(C2CCCC2)C1. The zero-order valence-corrected chi connectivity index (χ0v) is 13.7. The van der Waals surface area contributed by atoms with Gasteiger partial charge in [0.2, 0.25) is 10.0 Å². The Morgan fingerprint density at radius 3 is 2.57 bits per heavy atom. The Bertz CT molecular complexity index is 686. The first kappa shape index (κ1) is 16.4. The van der Waals surface area contributed by atoms with Crippen LogP contribution in [0.3, 0.4) is 0 Å². The fraction of sp³-hybridized carbons (Fsp3) is 0.600. The summed E-state index contributed by atoms with van der Waals surface area (Å²) in [4.78, 5) is 12.5. The number of nitrogens with one attached hydrogen (secondary N) is 1. The molecule has 0 spiro atoms. The van der Waals surface area contributed by atoms with E-state index in [9.17, 15) is 18.5 Å². The zero-order valence-electron chi connectivity index (χ0n) is 12.8. The van der Waals surface area contributed by atoms with Crippen molar-refractivity contribution in [3.63, 3.8) is 0 Å². The number of hydrogen-bond acceptors (Lipinski definition) is 5. The van der Waals surface area contributed by atoms with Crippen LogP contribution in [0.4, 0.5) is 5.69 Å². The van der Waals surface area contributed by atoms with E-state index in [1.165, 1.54) is 49.9 Å². The zero-order chi connectivity index (χ0) is 16.4. The fourth-order valence-corrected chi connectivity index (χ4v) is 5.04. The average Bonchev–Trinajstić information content (AvgIpc) is 3.17. The molecule has 1 atom stereocenters. The standard InChI is InChI=1S/C15H21N3O4S/c19-18(20)14-7-3-4-8-15(14)23(21,22)16-12-9-10-17(11-12)13-5-1-2-6-13/h3-4,7-8,12-13,16H,1-2,5-6,9-11H2/t12-/m1/s1. The Hall–Kier alpha value is -1.51. The second kappa shape index (κ2) is 6.54. The van der Waals surface area contributed by atoms with Crippen LogP contribution in [0.5, 0.6) is 0 Å². The molecular weight excluding hydrogens is 318 g/mol. The van der Waals surface area contributed by atoms with Crippen molar-refractivity contribution in [1.82, 2.24) is 9.62 Å². The first-order chi connectivity index (χ1) is 11.0. The van der Waals surface area contributed by atoms with Gasteiger partial charge in [-0.15, -0.1) is 0 Å².